The van der Waals surface area contributed by atoms with E-state index in [1.54, 1.807) is 12.1 Å². The quantitative estimate of drug-likeness (QED) is 0.284. The first-order valence-corrected chi connectivity index (χ1v) is 11.2. The van der Waals surface area contributed by atoms with Crippen LogP contribution in [0.1, 0.15) is 53.6 Å². The maximum absolute atomic E-state index is 13.5. The van der Waals surface area contributed by atoms with Crippen LogP contribution in [0.15, 0.2) is 48.7 Å². The molecule has 0 fully saturated rings. The van der Waals surface area contributed by atoms with Crippen molar-refractivity contribution in [1.29, 1.82) is 0 Å². The lowest BCUT2D eigenvalue weighted by Gasteiger charge is -2.11. The Morgan fingerprint density at radius 3 is 2.44 bits per heavy atom. The number of Topliss-reactive ketones (excluding diaryl/α,β-unsaturated/α-hetero) is 1. The molecule has 36 heavy (non-hydrogen) atoms. The number of hydrogen-bond donors (Lipinski definition) is 2. The number of aromatic nitrogens is 3. The summed E-state index contributed by atoms with van der Waals surface area (Å²) < 4.78 is 53.6. The molecule has 0 saturated carbocycles. The van der Waals surface area contributed by atoms with E-state index in [1.807, 2.05) is 0 Å². The second kappa shape index (κ2) is 9.85. The Bertz CT molecular complexity index is 1480. The highest BCUT2D eigenvalue weighted by molar-refractivity contribution is 7.14. The van der Waals surface area contributed by atoms with Crippen LogP contribution >= 0.6 is 11.3 Å². The molecule has 4 rings (SSSR count). The molecule has 0 radical (unpaired) electrons. The maximum Gasteiger partial charge on any atom is 0.419 e. The largest absolute Gasteiger partial charge is 0.419 e. The van der Waals surface area contributed by atoms with Crippen molar-refractivity contribution in [2.75, 3.05) is 0 Å². The summed E-state index contributed by atoms with van der Waals surface area (Å²) in [5.74, 6) is -2.82. The molecule has 0 bridgehead atoms. The standard InChI is InChI=1S/C23H17F4N5O3S/c1-12(33)19-5-3-14(36-19)11-29-22(35)18-9-17(31-20-6-7-30-32(18)20)21(34)28-10-13-2-4-16(24)15(8-13)23(25,26)27/h2-9H,10-11H2,1H3,(H,28,34)(H,29,35). The second-order valence-electron chi connectivity index (χ2n) is 7.63. The van der Waals surface area contributed by atoms with Gasteiger partial charge in [-0.3, -0.25) is 14.4 Å². The lowest BCUT2D eigenvalue weighted by atomic mass is 10.1. The SMILES string of the molecule is CC(=O)c1ccc(CNC(=O)c2cc(C(=O)NCc3ccc(F)c(C(F)(F)F)c3)nc3ccnn23)s1. The number of benzene rings is 1. The highest BCUT2D eigenvalue weighted by Gasteiger charge is 2.34. The normalized spacial score (nSPS) is 11.5. The van der Waals surface area contributed by atoms with Crippen molar-refractivity contribution in [2.45, 2.75) is 26.2 Å². The topological polar surface area (TPSA) is 105 Å². The Morgan fingerprint density at radius 2 is 1.75 bits per heavy atom. The molecule has 0 aliphatic rings. The Labute approximate surface area is 205 Å². The molecule has 0 unspecified atom stereocenters. The van der Waals surface area contributed by atoms with E-state index >= 15 is 0 Å². The van der Waals surface area contributed by atoms with Crippen molar-refractivity contribution in [3.63, 3.8) is 0 Å². The number of rotatable bonds is 7. The zero-order valence-corrected chi connectivity index (χ0v) is 19.3. The number of carbonyl (C=O) groups excluding carboxylic acids is 3. The lowest BCUT2D eigenvalue weighted by molar-refractivity contribution is -0.140. The molecule has 0 aliphatic heterocycles. The smallest absolute Gasteiger partial charge is 0.347 e. The van der Waals surface area contributed by atoms with Gasteiger partial charge in [-0.25, -0.2) is 13.9 Å². The highest BCUT2D eigenvalue weighted by Crippen LogP contribution is 2.31. The van der Waals surface area contributed by atoms with Crippen molar-refractivity contribution >= 4 is 34.6 Å². The molecular formula is C23H17F4N5O3S. The first-order valence-electron chi connectivity index (χ1n) is 10.4. The van der Waals surface area contributed by atoms with Gasteiger partial charge in [-0.1, -0.05) is 6.07 Å². The number of halogens is 4. The van der Waals surface area contributed by atoms with Crippen LogP contribution in [-0.2, 0) is 19.3 Å². The van der Waals surface area contributed by atoms with Crippen LogP contribution in [0.5, 0.6) is 0 Å². The number of ketones is 1. The number of nitrogens with one attached hydrogen (secondary N) is 2. The number of alkyl halides is 3. The van der Waals surface area contributed by atoms with Crippen LogP contribution in [0, 0.1) is 5.82 Å². The summed E-state index contributed by atoms with van der Waals surface area (Å²) in [7, 11) is 0. The number of nitrogens with zero attached hydrogens (tertiary/aromatic N) is 3. The molecule has 186 valence electrons. The molecule has 0 atom stereocenters. The highest BCUT2D eigenvalue weighted by atomic mass is 32.1. The minimum absolute atomic E-state index is 0.000336. The number of thiophene rings is 1. The van der Waals surface area contributed by atoms with E-state index in [9.17, 15) is 31.9 Å². The fraction of sp³-hybridized carbons (Fsp3) is 0.174. The van der Waals surface area contributed by atoms with Gasteiger partial charge in [0.2, 0.25) is 0 Å². The fourth-order valence-corrected chi connectivity index (χ4v) is 4.13. The van der Waals surface area contributed by atoms with Crippen molar-refractivity contribution in [3.8, 4) is 0 Å². The molecule has 0 spiro atoms. The van der Waals surface area contributed by atoms with Gasteiger partial charge in [0.15, 0.2) is 11.4 Å². The minimum atomic E-state index is -4.88. The first kappa shape index (κ1) is 25.0. The Kier molecular flexibility index (Phi) is 6.84. The number of amides is 2. The summed E-state index contributed by atoms with van der Waals surface area (Å²) in [6, 6.07) is 8.47. The Balaban J connectivity index is 1.50. The van der Waals surface area contributed by atoms with Crippen LogP contribution in [0.2, 0.25) is 0 Å². The van der Waals surface area contributed by atoms with Gasteiger partial charge in [0.25, 0.3) is 11.8 Å². The molecule has 0 saturated heterocycles. The third-order valence-corrected chi connectivity index (χ3v) is 6.23. The van der Waals surface area contributed by atoms with E-state index in [-0.39, 0.29) is 41.5 Å². The van der Waals surface area contributed by atoms with Crippen LogP contribution in [0.3, 0.4) is 0 Å². The van der Waals surface area contributed by atoms with Gasteiger partial charge in [0, 0.05) is 23.6 Å². The third-order valence-electron chi connectivity index (χ3n) is 5.05. The van der Waals surface area contributed by atoms with E-state index in [0.29, 0.717) is 17.0 Å². The van der Waals surface area contributed by atoms with E-state index in [2.05, 4.69) is 20.7 Å². The summed E-state index contributed by atoms with van der Waals surface area (Å²) in [6.07, 6.45) is -3.49. The molecule has 1 aromatic carbocycles. The van der Waals surface area contributed by atoms with Gasteiger partial charge >= 0.3 is 6.18 Å². The van der Waals surface area contributed by atoms with Crippen molar-refractivity contribution in [2.24, 2.45) is 0 Å². The van der Waals surface area contributed by atoms with Gasteiger partial charge in [-0.15, -0.1) is 11.3 Å². The maximum atomic E-state index is 13.5. The summed E-state index contributed by atoms with van der Waals surface area (Å²) in [4.78, 5) is 42.4. The van der Waals surface area contributed by atoms with Crippen molar-refractivity contribution < 1.29 is 31.9 Å². The average Bonchev–Trinajstić information content (AvgIpc) is 3.50. The van der Waals surface area contributed by atoms with Crippen molar-refractivity contribution in [1.82, 2.24) is 25.2 Å². The third kappa shape index (κ3) is 5.40. The van der Waals surface area contributed by atoms with E-state index in [0.717, 1.165) is 10.9 Å². The minimum Gasteiger partial charge on any atom is -0.347 e. The molecule has 3 heterocycles. The van der Waals surface area contributed by atoms with E-state index < -0.39 is 29.4 Å². The average molecular weight is 519 g/mol. The molecule has 4 aromatic rings. The second-order valence-corrected chi connectivity index (χ2v) is 8.80. The number of hydrogen-bond acceptors (Lipinski definition) is 6. The zero-order chi connectivity index (χ0) is 26.0. The predicted molar refractivity (Wildman–Crippen MR) is 121 cm³/mol. The predicted octanol–water partition coefficient (Wildman–Crippen LogP) is 4.01. The van der Waals surface area contributed by atoms with Gasteiger partial charge in [0.05, 0.1) is 23.2 Å². The Hall–Kier alpha value is -4.13. The molecule has 13 heteroatoms. The number of carbonyl (C=O) groups is 3. The zero-order valence-electron chi connectivity index (χ0n) is 18.5. The molecule has 2 N–H and O–H groups in total. The summed E-state index contributed by atoms with van der Waals surface area (Å²) in [5, 5.41) is 9.16. The van der Waals surface area contributed by atoms with Gasteiger partial charge in [0.1, 0.15) is 17.2 Å². The monoisotopic (exact) mass is 519 g/mol. The molecule has 0 aliphatic carbocycles. The van der Waals surface area contributed by atoms with Crippen LogP contribution in [-0.4, -0.2) is 32.2 Å². The fourth-order valence-electron chi connectivity index (χ4n) is 3.28. The lowest BCUT2D eigenvalue weighted by Crippen LogP contribution is -2.28. The van der Waals surface area contributed by atoms with Gasteiger partial charge in [-0.2, -0.15) is 18.3 Å². The van der Waals surface area contributed by atoms with E-state index in [1.165, 1.54) is 41.1 Å². The first-order chi connectivity index (χ1) is 17.0. The summed E-state index contributed by atoms with van der Waals surface area (Å²) in [5.41, 5.74) is -1.38. The van der Waals surface area contributed by atoms with Gasteiger partial charge < -0.3 is 10.6 Å². The van der Waals surface area contributed by atoms with E-state index in [4.69, 9.17) is 0 Å². The van der Waals surface area contributed by atoms with Crippen LogP contribution in [0.4, 0.5) is 17.6 Å². The molecular weight excluding hydrogens is 502 g/mol. The molecule has 8 nitrogen and oxygen atoms in total. The van der Waals surface area contributed by atoms with Crippen molar-refractivity contribution in [3.05, 3.63) is 86.7 Å². The molecule has 3 aromatic heterocycles. The molecule has 2 amide bonds. The number of fused-ring (bicyclic) bond motifs is 1. The van der Waals surface area contributed by atoms with Gasteiger partial charge in [-0.05, 0) is 36.8 Å². The Morgan fingerprint density at radius 1 is 1.00 bits per heavy atom. The summed E-state index contributed by atoms with van der Waals surface area (Å²) in [6.45, 7) is 1.25. The summed E-state index contributed by atoms with van der Waals surface area (Å²) >= 11 is 1.24. The van der Waals surface area contributed by atoms with Crippen LogP contribution < -0.4 is 10.6 Å². The van der Waals surface area contributed by atoms with Crippen LogP contribution in [0.25, 0.3) is 5.65 Å².